The van der Waals surface area contributed by atoms with Gasteiger partial charge in [-0.25, -0.2) is 0 Å². The minimum atomic E-state index is -0.0673. The van der Waals surface area contributed by atoms with Crippen molar-refractivity contribution in [2.75, 3.05) is 0 Å². The smallest absolute Gasteiger partial charge is 0.0607 e. The molecule has 1 rings (SSSR count). The van der Waals surface area contributed by atoms with E-state index < -0.39 is 0 Å². The van der Waals surface area contributed by atoms with Gasteiger partial charge < -0.3 is 0 Å². The number of allylic oxidation sites excluding steroid dienone is 1. The molecule has 0 fully saturated rings. The van der Waals surface area contributed by atoms with E-state index in [1.807, 2.05) is 0 Å². The zero-order valence-corrected chi connectivity index (χ0v) is 9.13. The molecule has 0 N–H and O–H groups in total. The Morgan fingerprint density at radius 3 is 2.15 bits per heavy atom. The normalized spacial score (nSPS) is 12.6. The molecule has 1 aromatic carbocycles. The minimum absolute atomic E-state index is 0.0673. The molecule has 0 aliphatic heterocycles. The molecule has 3 heteroatoms. The van der Waals surface area contributed by atoms with Crippen LogP contribution in [-0.4, -0.2) is 0 Å². The first-order chi connectivity index (χ1) is 6.06. The molecule has 1 atom stereocenters. The standard InChI is InChI=1S/C10H8Cl3/c1-3-6(2)7-4-9(12)10(13)5-8(7)11/h3-6H,1-2H2. The SMILES string of the molecule is [CH2]C(C=C)c1cc(Cl)c(Cl)cc1Cl. The number of benzene rings is 1. The van der Waals surface area contributed by atoms with E-state index in [1.54, 1.807) is 18.2 Å². The fourth-order valence-corrected chi connectivity index (χ4v) is 1.64. The molecular formula is C10H8Cl3. The van der Waals surface area contributed by atoms with E-state index in [0.717, 1.165) is 5.56 Å². The van der Waals surface area contributed by atoms with Crippen molar-refractivity contribution in [3.05, 3.63) is 52.3 Å². The Kier molecular flexibility index (Phi) is 3.66. The monoisotopic (exact) mass is 233 g/mol. The van der Waals surface area contributed by atoms with Crippen LogP contribution in [0.4, 0.5) is 0 Å². The van der Waals surface area contributed by atoms with Crippen LogP contribution >= 0.6 is 34.8 Å². The maximum Gasteiger partial charge on any atom is 0.0607 e. The summed E-state index contributed by atoms with van der Waals surface area (Å²) in [6.45, 7) is 7.49. The topological polar surface area (TPSA) is 0 Å². The molecule has 0 nitrogen and oxygen atoms in total. The Bertz CT molecular complexity index is 331. The van der Waals surface area contributed by atoms with Crippen LogP contribution in [0.5, 0.6) is 0 Å². The summed E-state index contributed by atoms with van der Waals surface area (Å²) in [6, 6.07) is 3.33. The van der Waals surface area contributed by atoms with Crippen molar-refractivity contribution in [1.29, 1.82) is 0 Å². The van der Waals surface area contributed by atoms with Crippen LogP contribution in [0.2, 0.25) is 15.1 Å². The second-order valence-electron chi connectivity index (χ2n) is 2.63. The largest absolute Gasteiger partial charge is 0.102 e. The molecule has 0 aromatic heterocycles. The quantitative estimate of drug-likeness (QED) is 0.512. The van der Waals surface area contributed by atoms with Crippen molar-refractivity contribution in [3.8, 4) is 0 Å². The van der Waals surface area contributed by atoms with E-state index in [9.17, 15) is 0 Å². The summed E-state index contributed by atoms with van der Waals surface area (Å²) in [6.07, 6.45) is 1.70. The van der Waals surface area contributed by atoms with Gasteiger partial charge in [-0.3, -0.25) is 0 Å². The van der Waals surface area contributed by atoms with Gasteiger partial charge >= 0.3 is 0 Å². The molecule has 1 radical (unpaired) electrons. The molecule has 0 amide bonds. The summed E-state index contributed by atoms with van der Waals surface area (Å²) in [7, 11) is 0. The van der Waals surface area contributed by atoms with Gasteiger partial charge in [0, 0.05) is 10.9 Å². The lowest BCUT2D eigenvalue weighted by Crippen LogP contribution is -1.90. The van der Waals surface area contributed by atoms with Crippen molar-refractivity contribution in [3.63, 3.8) is 0 Å². The third-order valence-corrected chi connectivity index (χ3v) is 2.77. The molecule has 0 bridgehead atoms. The number of hydrogen-bond acceptors (Lipinski definition) is 0. The van der Waals surface area contributed by atoms with Crippen molar-refractivity contribution >= 4 is 34.8 Å². The van der Waals surface area contributed by atoms with Gasteiger partial charge in [0.15, 0.2) is 0 Å². The molecular weight excluding hydrogens is 226 g/mol. The summed E-state index contributed by atoms with van der Waals surface area (Å²) in [5.41, 5.74) is 0.839. The lowest BCUT2D eigenvalue weighted by Gasteiger charge is -2.09. The predicted octanol–water partition coefficient (Wildman–Crippen LogP) is 4.75. The maximum atomic E-state index is 5.94. The average Bonchev–Trinajstić information content (AvgIpc) is 2.10. The Morgan fingerprint density at radius 2 is 1.62 bits per heavy atom. The number of hydrogen-bond donors (Lipinski definition) is 0. The molecule has 0 aliphatic carbocycles. The van der Waals surface area contributed by atoms with Crippen molar-refractivity contribution in [2.24, 2.45) is 0 Å². The van der Waals surface area contributed by atoms with Gasteiger partial charge in [-0.2, -0.15) is 0 Å². The van der Waals surface area contributed by atoms with Crippen LogP contribution in [0.15, 0.2) is 24.8 Å². The van der Waals surface area contributed by atoms with Gasteiger partial charge in [0.1, 0.15) is 0 Å². The highest BCUT2D eigenvalue weighted by Crippen LogP contribution is 2.33. The van der Waals surface area contributed by atoms with E-state index in [2.05, 4.69) is 13.5 Å². The van der Waals surface area contributed by atoms with Crippen LogP contribution in [0, 0.1) is 6.92 Å². The Hall–Kier alpha value is -0.170. The fourth-order valence-electron chi connectivity index (χ4n) is 0.949. The zero-order valence-electron chi connectivity index (χ0n) is 6.86. The first-order valence-electron chi connectivity index (χ1n) is 3.66. The molecule has 0 aliphatic rings. The molecule has 0 spiro atoms. The summed E-state index contributed by atoms with van der Waals surface area (Å²) >= 11 is 17.5. The maximum absolute atomic E-state index is 5.94. The molecule has 1 unspecified atom stereocenters. The molecule has 0 heterocycles. The van der Waals surface area contributed by atoms with Gasteiger partial charge in [0.2, 0.25) is 0 Å². The Morgan fingerprint density at radius 1 is 1.08 bits per heavy atom. The third kappa shape index (κ3) is 2.40. The first kappa shape index (κ1) is 10.9. The summed E-state index contributed by atoms with van der Waals surface area (Å²) in [5.74, 6) is -0.0673. The highest BCUT2D eigenvalue weighted by molar-refractivity contribution is 6.43. The second kappa shape index (κ2) is 4.36. The van der Waals surface area contributed by atoms with E-state index in [-0.39, 0.29) is 5.92 Å². The average molecular weight is 235 g/mol. The van der Waals surface area contributed by atoms with Crippen LogP contribution in [0.1, 0.15) is 11.5 Å². The molecule has 13 heavy (non-hydrogen) atoms. The highest BCUT2D eigenvalue weighted by atomic mass is 35.5. The number of halogens is 3. The number of rotatable bonds is 2. The van der Waals surface area contributed by atoms with E-state index in [1.165, 1.54) is 0 Å². The summed E-state index contributed by atoms with van der Waals surface area (Å²) in [4.78, 5) is 0. The van der Waals surface area contributed by atoms with Gasteiger partial charge in [-0.15, -0.1) is 6.58 Å². The second-order valence-corrected chi connectivity index (χ2v) is 3.85. The Labute approximate surface area is 93.1 Å². The fraction of sp³-hybridized carbons (Fsp3) is 0.100. The van der Waals surface area contributed by atoms with Gasteiger partial charge in [0.05, 0.1) is 10.0 Å². The first-order valence-corrected chi connectivity index (χ1v) is 4.79. The van der Waals surface area contributed by atoms with E-state index in [0.29, 0.717) is 15.1 Å². The lowest BCUT2D eigenvalue weighted by atomic mass is 10.0. The minimum Gasteiger partial charge on any atom is -0.102 e. The molecule has 0 saturated carbocycles. The van der Waals surface area contributed by atoms with Crippen LogP contribution in [0.25, 0.3) is 0 Å². The predicted molar refractivity (Wildman–Crippen MR) is 59.8 cm³/mol. The zero-order chi connectivity index (χ0) is 10.0. The van der Waals surface area contributed by atoms with Crippen molar-refractivity contribution in [2.45, 2.75) is 5.92 Å². The summed E-state index contributed by atoms with van der Waals surface area (Å²) < 4.78 is 0. The van der Waals surface area contributed by atoms with Crippen LogP contribution in [0.3, 0.4) is 0 Å². The van der Waals surface area contributed by atoms with Crippen molar-refractivity contribution in [1.82, 2.24) is 0 Å². The van der Waals surface area contributed by atoms with Gasteiger partial charge in [-0.1, -0.05) is 40.9 Å². The third-order valence-electron chi connectivity index (χ3n) is 1.72. The van der Waals surface area contributed by atoms with Gasteiger partial charge in [0.25, 0.3) is 0 Å². The lowest BCUT2D eigenvalue weighted by molar-refractivity contribution is 1.09. The highest BCUT2D eigenvalue weighted by Gasteiger charge is 2.09. The summed E-state index contributed by atoms with van der Waals surface area (Å²) in [5, 5.41) is 1.50. The van der Waals surface area contributed by atoms with Gasteiger partial charge in [-0.05, 0) is 24.6 Å². The molecule has 1 aromatic rings. The van der Waals surface area contributed by atoms with Crippen LogP contribution in [-0.2, 0) is 0 Å². The Balaban J connectivity index is 3.22. The van der Waals surface area contributed by atoms with E-state index >= 15 is 0 Å². The molecule has 69 valence electrons. The molecule has 0 saturated heterocycles. The van der Waals surface area contributed by atoms with E-state index in [4.69, 9.17) is 34.8 Å². The van der Waals surface area contributed by atoms with Crippen molar-refractivity contribution < 1.29 is 0 Å². The van der Waals surface area contributed by atoms with Crippen LogP contribution < -0.4 is 0 Å².